The minimum Gasteiger partial charge on any atom is -0.481 e. The second kappa shape index (κ2) is 11.0. The third-order valence-corrected chi connectivity index (χ3v) is 2.54. The number of likely N-dealkylation sites (N-methyl/N-ethyl adjacent to an activating group) is 1. The molecule has 0 aliphatic heterocycles. The molecule has 0 heterocycles. The van der Waals surface area contributed by atoms with Crippen molar-refractivity contribution in [1.29, 1.82) is 0 Å². The normalized spacial score (nSPS) is 10.6. The lowest BCUT2D eigenvalue weighted by Crippen LogP contribution is -2.34. The summed E-state index contributed by atoms with van der Waals surface area (Å²) in [6, 6.07) is 0. The number of hydrogen-bond acceptors (Lipinski definition) is 4. The third-order valence-electron chi connectivity index (χ3n) is 2.54. The second-order valence-electron chi connectivity index (χ2n) is 4.25. The summed E-state index contributed by atoms with van der Waals surface area (Å²) in [6.45, 7) is 2.91. The predicted octanol–water partition coefficient (Wildman–Crippen LogP) is 0.326. The number of nitrogens with one attached hydrogen (secondary N) is 1. The fourth-order valence-electron chi connectivity index (χ4n) is 1.40. The van der Waals surface area contributed by atoms with Crippen molar-refractivity contribution >= 4 is 11.9 Å². The molecule has 0 rings (SSSR count). The maximum Gasteiger partial charge on any atom is 0.303 e. The maximum absolute atomic E-state index is 11.4. The van der Waals surface area contributed by atoms with E-state index in [4.69, 9.17) is 9.84 Å². The Morgan fingerprint density at radius 3 is 2.50 bits per heavy atom. The van der Waals surface area contributed by atoms with Crippen LogP contribution in [0.2, 0.25) is 0 Å². The molecule has 1 amide bonds. The highest BCUT2D eigenvalue weighted by Crippen LogP contribution is 1.99. The molecular formula is C12H24N2O4. The Morgan fingerprint density at radius 1 is 1.22 bits per heavy atom. The molecule has 0 bridgehead atoms. The van der Waals surface area contributed by atoms with E-state index < -0.39 is 5.97 Å². The highest BCUT2D eigenvalue weighted by Gasteiger charge is 2.03. The molecule has 2 N–H and O–H groups in total. The van der Waals surface area contributed by atoms with Gasteiger partial charge in [-0.3, -0.25) is 9.59 Å². The molecule has 0 aromatic rings. The summed E-state index contributed by atoms with van der Waals surface area (Å²) < 4.78 is 4.95. The predicted molar refractivity (Wildman–Crippen MR) is 68.5 cm³/mol. The van der Waals surface area contributed by atoms with Gasteiger partial charge in [0.15, 0.2) is 0 Å². The molecule has 0 atom stereocenters. The van der Waals surface area contributed by atoms with Crippen LogP contribution >= 0.6 is 0 Å². The van der Waals surface area contributed by atoms with E-state index in [2.05, 4.69) is 10.2 Å². The number of methoxy groups -OCH3 is 1. The smallest absolute Gasteiger partial charge is 0.303 e. The number of ether oxygens (including phenoxy) is 1. The summed E-state index contributed by atoms with van der Waals surface area (Å²) in [4.78, 5) is 23.7. The van der Waals surface area contributed by atoms with Gasteiger partial charge in [0.1, 0.15) is 0 Å². The van der Waals surface area contributed by atoms with E-state index in [0.29, 0.717) is 32.4 Å². The third kappa shape index (κ3) is 11.3. The minimum absolute atomic E-state index is 0.0134. The quantitative estimate of drug-likeness (QED) is 0.523. The fourth-order valence-corrected chi connectivity index (χ4v) is 1.40. The first-order chi connectivity index (χ1) is 8.56. The van der Waals surface area contributed by atoms with E-state index in [-0.39, 0.29) is 12.3 Å². The number of unbranched alkanes of at least 4 members (excludes halogenated alkanes) is 1. The molecule has 0 aromatic carbocycles. The number of carboxylic acids is 1. The molecule has 0 fully saturated rings. The van der Waals surface area contributed by atoms with Gasteiger partial charge in [0.05, 0.1) is 6.61 Å². The van der Waals surface area contributed by atoms with Crippen LogP contribution in [0, 0.1) is 0 Å². The number of carboxylic acid groups (broad SMARTS) is 1. The van der Waals surface area contributed by atoms with E-state index in [1.165, 1.54) is 0 Å². The molecule has 0 saturated carbocycles. The van der Waals surface area contributed by atoms with Crippen LogP contribution < -0.4 is 5.32 Å². The molecular weight excluding hydrogens is 236 g/mol. The van der Waals surface area contributed by atoms with E-state index in [0.717, 1.165) is 13.1 Å². The number of aliphatic carboxylic acids is 1. The standard InChI is InChI=1S/C12H24N2O4/c1-14(9-10-18-2)8-7-13-11(15)5-3-4-6-12(16)17/h3-10H2,1-2H3,(H,13,15)(H,16,17). The number of amides is 1. The Balaban J connectivity index is 3.39. The van der Waals surface area contributed by atoms with Gasteiger partial charge in [-0.05, 0) is 19.9 Å². The van der Waals surface area contributed by atoms with Gasteiger partial charge < -0.3 is 20.1 Å². The average molecular weight is 260 g/mol. The monoisotopic (exact) mass is 260 g/mol. The molecule has 0 spiro atoms. The summed E-state index contributed by atoms with van der Waals surface area (Å²) in [5.74, 6) is -0.823. The van der Waals surface area contributed by atoms with Crippen LogP contribution in [0.25, 0.3) is 0 Å². The van der Waals surface area contributed by atoms with Crippen molar-refractivity contribution in [3.63, 3.8) is 0 Å². The van der Waals surface area contributed by atoms with Gasteiger partial charge in [0.2, 0.25) is 5.91 Å². The van der Waals surface area contributed by atoms with Crippen LogP contribution in [0.3, 0.4) is 0 Å². The van der Waals surface area contributed by atoms with Crippen LogP contribution in [0.5, 0.6) is 0 Å². The highest BCUT2D eigenvalue weighted by atomic mass is 16.5. The van der Waals surface area contributed by atoms with Crippen molar-refractivity contribution in [3.05, 3.63) is 0 Å². The summed E-state index contributed by atoms with van der Waals surface area (Å²) in [5.41, 5.74) is 0. The van der Waals surface area contributed by atoms with Crippen molar-refractivity contribution in [3.8, 4) is 0 Å². The average Bonchev–Trinajstić information content (AvgIpc) is 2.32. The fraction of sp³-hybridized carbons (Fsp3) is 0.833. The van der Waals surface area contributed by atoms with Gasteiger partial charge in [-0.25, -0.2) is 0 Å². The van der Waals surface area contributed by atoms with Crippen LogP contribution in [-0.4, -0.2) is 62.3 Å². The van der Waals surface area contributed by atoms with Crippen LogP contribution in [0.1, 0.15) is 25.7 Å². The molecule has 0 aliphatic rings. The lowest BCUT2D eigenvalue weighted by atomic mass is 10.2. The van der Waals surface area contributed by atoms with E-state index in [9.17, 15) is 9.59 Å². The van der Waals surface area contributed by atoms with Crippen LogP contribution in [0.15, 0.2) is 0 Å². The zero-order chi connectivity index (χ0) is 13.8. The van der Waals surface area contributed by atoms with Gasteiger partial charge >= 0.3 is 5.97 Å². The SMILES string of the molecule is COCCN(C)CCNC(=O)CCCCC(=O)O. The molecule has 0 aliphatic carbocycles. The van der Waals surface area contributed by atoms with Gasteiger partial charge in [-0.1, -0.05) is 0 Å². The number of carbonyl (C=O) groups excluding carboxylic acids is 1. The van der Waals surface area contributed by atoms with Gasteiger partial charge in [-0.15, -0.1) is 0 Å². The molecule has 0 aromatic heterocycles. The van der Waals surface area contributed by atoms with Crippen molar-refractivity contribution < 1.29 is 19.4 Å². The number of rotatable bonds is 11. The molecule has 6 nitrogen and oxygen atoms in total. The van der Waals surface area contributed by atoms with Crippen molar-refractivity contribution in [2.45, 2.75) is 25.7 Å². The Morgan fingerprint density at radius 2 is 1.89 bits per heavy atom. The Labute approximate surface area is 108 Å². The second-order valence-corrected chi connectivity index (χ2v) is 4.25. The molecule has 0 saturated heterocycles. The zero-order valence-corrected chi connectivity index (χ0v) is 11.3. The first-order valence-corrected chi connectivity index (χ1v) is 6.22. The van der Waals surface area contributed by atoms with Crippen LogP contribution in [0.4, 0.5) is 0 Å². The molecule has 6 heteroatoms. The Kier molecular flexibility index (Phi) is 10.3. The number of nitrogens with zero attached hydrogens (tertiary/aromatic N) is 1. The van der Waals surface area contributed by atoms with E-state index in [1.54, 1.807) is 7.11 Å². The summed E-state index contributed by atoms with van der Waals surface area (Å²) in [7, 11) is 3.63. The summed E-state index contributed by atoms with van der Waals surface area (Å²) >= 11 is 0. The van der Waals surface area contributed by atoms with Gasteiger partial charge in [-0.2, -0.15) is 0 Å². The van der Waals surface area contributed by atoms with E-state index in [1.807, 2.05) is 7.05 Å². The largest absolute Gasteiger partial charge is 0.481 e. The number of hydrogen-bond donors (Lipinski definition) is 2. The molecule has 106 valence electrons. The van der Waals surface area contributed by atoms with Crippen molar-refractivity contribution in [2.75, 3.05) is 40.4 Å². The number of carbonyl (C=O) groups is 2. The first-order valence-electron chi connectivity index (χ1n) is 6.22. The summed E-state index contributed by atoms with van der Waals surface area (Å²) in [6.07, 6.45) is 1.70. The molecule has 18 heavy (non-hydrogen) atoms. The minimum atomic E-state index is -0.810. The van der Waals surface area contributed by atoms with Crippen molar-refractivity contribution in [2.24, 2.45) is 0 Å². The Hall–Kier alpha value is -1.14. The highest BCUT2D eigenvalue weighted by molar-refractivity contribution is 5.75. The maximum atomic E-state index is 11.4. The van der Waals surface area contributed by atoms with Gasteiger partial charge in [0.25, 0.3) is 0 Å². The summed E-state index contributed by atoms with van der Waals surface area (Å²) in [5, 5.41) is 11.2. The Bertz CT molecular complexity index is 246. The molecule has 0 unspecified atom stereocenters. The zero-order valence-electron chi connectivity index (χ0n) is 11.3. The van der Waals surface area contributed by atoms with Crippen LogP contribution in [-0.2, 0) is 14.3 Å². The van der Waals surface area contributed by atoms with E-state index >= 15 is 0 Å². The lowest BCUT2D eigenvalue weighted by Gasteiger charge is -2.16. The first kappa shape index (κ1) is 16.9. The molecule has 0 radical (unpaired) electrons. The topological polar surface area (TPSA) is 78.9 Å². The van der Waals surface area contributed by atoms with Crippen molar-refractivity contribution in [1.82, 2.24) is 10.2 Å². The lowest BCUT2D eigenvalue weighted by molar-refractivity contribution is -0.137. The van der Waals surface area contributed by atoms with Gasteiger partial charge in [0, 0.05) is 39.6 Å².